The van der Waals surface area contributed by atoms with Crippen molar-refractivity contribution in [1.82, 2.24) is 15.0 Å². The highest BCUT2D eigenvalue weighted by molar-refractivity contribution is 5.75. The van der Waals surface area contributed by atoms with E-state index in [1.165, 1.54) is 5.56 Å². The molecule has 0 unspecified atom stereocenters. The van der Waals surface area contributed by atoms with E-state index in [2.05, 4.69) is 33.3 Å². The minimum atomic E-state index is 0.664. The Morgan fingerprint density at radius 2 is 1.85 bits per heavy atom. The molecule has 1 N–H and O–H groups in total. The predicted octanol–water partition coefficient (Wildman–Crippen LogP) is 3.20. The maximum absolute atomic E-state index is 4.54. The molecule has 20 heavy (non-hydrogen) atoms. The molecule has 0 radical (unpaired) electrons. The smallest absolute Gasteiger partial charge is 0.145 e. The Bertz CT molecular complexity index is 724. The SMILES string of the molecule is CCc1cccnc1CNc1cnc2ccccc2n1. The van der Waals surface area contributed by atoms with Gasteiger partial charge in [0.2, 0.25) is 0 Å². The molecule has 0 amide bonds. The van der Waals surface area contributed by atoms with Crippen LogP contribution < -0.4 is 5.32 Å². The summed E-state index contributed by atoms with van der Waals surface area (Å²) in [6.45, 7) is 2.80. The highest BCUT2D eigenvalue weighted by Crippen LogP contribution is 2.13. The van der Waals surface area contributed by atoms with E-state index in [1.807, 2.05) is 36.5 Å². The van der Waals surface area contributed by atoms with Crippen molar-refractivity contribution in [2.75, 3.05) is 5.32 Å². The number of nitrogens with one attached hydrogen (secondary N) is 1. The molecule has 4 heteroatoms. The maximum Gasteiger partial charge on any atom is 0.145 e. The van der Waals surface area contributed by atoms with Gasteiger partial charge in [0, 0.05) is 6.20 Å². The quantitative estimate of drug-likeness (QED) is 0.786. The number of aromatic nitrogens is 3. The maximum atomic E-state index is 4.54. The number of hydrogen-bond acceptors (Lipinski definition) is 4. The molecule has 0 saturated heterocycles. The van der Waals surface area contributed by atoms with Gasteiger partial charge in [-0.3, -0.25) is 9.97 Å². The Morgan fingerprint density at radius 1 is 1.00 bits per heavy atom. The van der Waals surface area contributed by atoms with E-state index >= 15 is 0 Å². The van der Waals surface area contributed by atoms with Gasteiger partial charge in [0.05, 0.1) is 29.5 Å². The minimum Gasteiger partial charge on any atom is -0.363 e. The number of rotatable bonds is 4. The van der Waals surface area contributed by atoms with E-state index in [0.717, 1.165) is 29.0 Å². The van der Waals surface area contributed by atoms with Crippen molar-refractivity contribution in [1.29, 1.82) is 0 Å². The molecule has 3 aromatic rings. The van der Waals surface area contributed by atoms with Crippen LogP contribution in [0.5, 0.6) is 0 Å². The summed E-state index contributed by atoms with van der Waals surface area (Å²) in [5.74, 6) is 0.774. The van der Waals surface area contributed by atoms with Crippen molar-refractivity contribution >= 4 is 16.9 Å². The van der Waals surface area contributed by atoms with Crippen LogP contribution in [0.4, 0.5) is 5.82 Å². The standard InChI is InChI=1S/C16H16N4/c1-2-12-6-5-9-17-15(12)10-19-16-11-18-13-7-3-4-8-14(13)20-16/h3-9,11H,2,10H2,1H3,(H,19,20). The van der Waals surface area contributed by atoms with Gasteiger partial charge in [0.15, 0.2) is 0 Å². The molecule has 1 aromatic carbocycles. The topological polar surface area (TPSA) is 50.7 Å². The van der Waals surface area contributed by atoms with Gasteiger partial charge in [-0.05, 0) is 30.2 Å². The second kappa shape index (κ2) is 5.65. The van der Waals surface area contributed by atoms with E-state index in [4.69, 9.17) is 0 Å². The third-order valence-corrected chi connectivity index (χ3v) is 3.25. The zero-order valence-electron chi connectivity index (χ0n) is 11.4. The molecule has 100 valence electrons. The van der Waals surface area contributed by atoms with E-state index in [-0.39, 0.29) is 0 Å². The molecule has 2 heterocycles. The summed E-state index contributed by atoms with van der Waals surface area (Å²) in [5, 5.41) is 3.29. The van der Waals surface area contributed by atoms with Gasteiger partial charge in [-0.15, -0.1) is 0 Å². The van der Waals surface area contributed by atoms with Gasteiger partial charge in [-0.1, -0.05) is 25.1 Å². The van der Waals surface area contributed by atoms with Crippen molar-refractivity contribution in [3.8, 4) is 0 Å². The summed E-state index contributed by atoms with van der Waals surface area (Å²) in [6, 6.07) is 11.9. The highest BCUT2D eigenvalue weighted by Gasteiger charge is 2.03. The third-order valence-electron chi connectivity index (χ3n) is 3.25. The second-order valence-electron chi connectivity index (χ2n) is 4.56. The van der Waals surface area contributed by atoms with E-state index in [0.29, 0.717) is 6.54 Å². The Balaban J connectivity index is 1.79. The molecule has 0 bridgehead atoms. The summed E-state index contributed by atoms with van der Waals surface area (Å²) < 4.78 is 0. The molecular weight excluding hydrogens is 248 g/mol. The van der Waals surface area contributed by atoms with Crippen LogP contribution in [0.15, 0.2) is 48.8 Å². The number of benzene rings is 1. The fourth-order valence-corrected chi connectivity index (χ4v) is 2.17. The fourth-order valence-electron chi connectivity index (χ4n) is 2.17. The summed E-state index contributed by atoms with van der Waals surface area (Å²) >= 11 is 0. The molecular formula is C16H16N4. The van der Waals surface area contributed by atoms with Gasteiger partial charge in [-0.2, -0.15) is 0 Å². The first-order chi connectivity index (χ1) is 9.86. The van der Waals surface area contributed by atoms with Crippen LogP contribution in [0.25, 0.3) is 11.0 Å². The minimum absolute atomic E-state index is 0.664. The Labute approximate surface area is 117 Å². The van der Waals surface area contributed by atoms with Crippen molar-refractivity contribution in [3.05, 3.63) is 60.0 Å². The lowest BCUT2D eigenvalue weighted by Gasteiger charge is -2.08. The average molecular weight is 264 g/mol. The third kappa shape index (κ3) is 2.59. The molecule has 0 fully saturated rings. The van der Waals surface area contributed by atoms with Gasteiger partial charge in [0.1, 0.15) is 5.82 Å². The average Bonchev–Trinajstić information content (AvgIpc) is 2.53. The van der Waals surface area contributed by atoms with Crippen molar-refractivity contribution in [2.45, 2.75) is 19.9 Å². The lowest BCUT2D eigenvalue weighted by atomic mass is 10.1. The molecule has 2 aromatic heterocycles. The van der Waals surface area contributed by atoms with Crippen LogP contribution in [0.3, 0.4) is 0 Å². The normalized spacial score (nSPS) is 10.7. The van der Waals surface area contributed by atoms with Crippen molar-refractivity contribution < 1.29 is 0 Å². The molecule has 0 aliphatic heterocycles. The highest BCUT2D eigenvalue weighted by atomic mass is 15.0. The first kappa shape index (κ1) is 12.5. The molecule has 4 nitrogen and oxygen atoms in total. The van der Waals surface area contributed by atoms with Crippen LogP contribution in [0, 0.1) is 0 Å². The summed E-state index contributed by atoms with van der Waals surface area (Å²) in [7, 11) is 0. The molecule has 3 rings (SSSR count). The van der Waals surface area contributed by atoms with Crippen LogP contribution in [-0.4, -0.2) is 15.0 Å². The predicted molar refractivity (Wildman–Crippen MR) is 80.5 cm³/mol. The lowest BCUT2D eigenvalue weighted by Crippen LogP contribution is -2.06. The number of fused-ring (bicyclic) bond motifs is 1. The summed E-state index contributed by atoms with van der Waals surface area (Å²) in [4.78, 5) is 13.4. The number of anilines is 1. The number of pyridine rings is 1. The van der Waals surface area contributed by atoms with E-state index in [9.17, 15) is 0 Å². The van der Waals surface area contributed by atoms with Gasteiger partial charge in [0.25, 0.3) is 0 Å². The fraction of sp³-hybridized carbons (Fsp3) is 0.188. The van der Waals surface area contributed by atoms with Gasteiger partial charge < -0.3 is 5.32 Å². The second-order valence-corrected chi connectivity index (χ2v) is 4.56. The number of para-hydroxylation sites is 2. The van der Waals surface area contributed by atoms with Crippen molar-refractivity contribution in [3.63, 3.8) is 0 Å². The monoisotopic (exact) mass is 264 g/mol. The van der Waals surface area contributed by atoms with Crippen LogP contribution >= 0.6 is 0 Å². The van der Waals surface area contributed by atoms with Crippen molar-refractivity contribution in [2.24, 2.45) is 0 Å². The Morgan fingerprint density at radius 3 is 2.70 bits per heavy atom. The zero-order valence-corrected chi connectivity index (χ0v) is 11.4. The Kier molecular flexibility index (Phi) is 3.54. The van der Waals surface area contributed by atoms with Gasteiger partial charge >= 0.3 is 0 Å². The van der Waals surface area contributed by atoms with E-state index < -0.39 is 0 Å². The lowest BCUT2D eigenvalue weighted by molar-refractivity contribution is 0.964. The molecule has 0 aliphatic carbocycles. The number of aryl methyl sites for hydroxylation is 1. The molecule has 0 atom stereocenters. The first-order valence-electron chi connectivity index (χ1n) is 6.75. The summed E-state index contributed by atoms with van der Waals surface area (Å²) in [6.07, 6.45) is 4.56. The van der Waals surface area contributed by atoms with Crippen LogP contribution in [0.1, 0.15) is 18.2 Å². The van der Waals surface area contributed by atoms with E-state index in [1.54, 1.807) is 6.20 Å². The molecule has 0 aliphatic rings. The number of nitrogens with zero attached hydrogens (tertiary/aromatic N) is 3. The summed E-state index contributed by atoms with van der Waals surface area (Å²) in [5.41, 5.74) is 4.12. The molecule has 0 spiro atoms. The van der Waals surface area contributed by atoms with Gasteiger partial charge in [-0.25, -0.2) is 4.98 Å². The molecule has 0 saturated carbocycles. The number of hydrogen-bond donors (Lipinski definition) is 1. The van der Waals surface area contributed by atoms with Crippen LogP contribution in [0.2, 0.25) is 0 Å². The Hall–Kier alpha value is -2.49. The largest absolute Gasteiger partial charge is 0.363 e. The zero-order chi connectivity index (χ0) is 13.8. The first-order valence-corrected chi connectivity index (χ1v) is 6.75. The van der Waals surface area contributed by atoms with Crippen LogP contribution in [-0.2, 0) is 13.0 Å².